The van der Waals surface area contributed by atoms with Crippen LogP contribution in [0.2, 0.25) is 5.02 Å². The third-order valence-corrected chi connectivity index (χ3v) is 4.51. The lowest BCUT2D eigenvalue weighted by Crippen LogP contribution is -2.16. The van der Waals surface area contributed by atoms with E-state index in [9.17, 15) is 0 Å². The lowest BCUT2D eigenvalue weighted by molar-refractivity contribution is 0.301. The van der Waals surface area contributed by atoms with E-state index in [1.54, 1.807) is 18.3 Å². The third kappa shape index (κ3) is 4.58. The van der Waals surface area contributed by atoms with Crippen LogP contribution in [0.5, 0.6) is 11.6 Å². The Hall–Kier alpha value is -3.43. The largest absolute Gasteiger partial charge is 0.486 e. The number of nitrogens with zero attached hydrogens (tertiary/aromatic N) is 4. The Bertz CT molecular complexity index is 1120. The average Bonchev–Trinajstić information content (AvgIpc) is 3.18. The van der Waals surface area contributed by atoms with E-state index in [4.69, 9.17) is 21.1 Å². The summed E-state index contributed by atoms with van der Waals surface area (Å²) in [6.45, 7) is 1.50. The molecule has 3 N–H and O–H groups in total. The molecule has 0 aliphatic rings. The molecule has 0 saturated heterocycles. The van der Waals surface area contributed by atoms with Crippen LogP contribution in [0.15, 0.2) is 48.9 Å². The predicted molar refractivity (Wildman–Crippen MR) is 114 cm³/mol. The number of pyridine rings is 1. The Labute approximate surface area is 177 Å². The van der Waals surface area contributed by atoms with E-state index in [0.29, 0.717) is 53.3 Å². The van der Waals surface area contributed by atoms with Crippen molar-refractivity contribution in [3.63, 3.8) is 0 Å². The summed E-state index contributed by atoms with van der Waals surface area (Å²) >= 11 is 6.41. The molecule has 9 nitrogen and oxygen atoms in total. The fourth-order valence-electron chi connectivity index (χ4n) is 2.75. The first kappa shape index (κ1) is 19.9. The number of rotatable bonds is 9. The molecule has 154 valence electrons. The first-order valence-corrected chi connectivity index (χ1v) is 9.68. The minimum absolute atomic E-state index is 0.336. The molecule has 0 bridgehead atoms. The SMILES string of the molecule is CNCCOc1n[nH]c2ncnc(Nc3ccc(OCc4ccccn4)c(Cl)c3)c12. The van der Waals surface area contributed by atoms with Crippen LogP contribution >= 0.6 is 11.6 Å². The quantitative estimate of drug-likeness (QED) is 0.350. The summed E-state index contributed by atoms with van der Waals surface area (Å²) in [5.74, 6) is 1.57. The number of fused-ring (bicyclic) bond motifs is 1. The third-order valence-electron chi connectivity index (χ3n) is 4.21. The van der Waals surface area contributed by atoms with Crippen molar-refractivity contribution in [3.8, 4) is 11.6 Å². The van der Waals surface area contributed by atoms with Crippen molar-refractivity contribution in [2.24, 2.45) is 0 Å². The number of aromatic nitrogens is 5. The molecule has 0 fully saturated rings. The first-order chi connectivity index (χ1) is 14.7. The summed E-state index contributed by atoms with van der Waals surface area (Å²) in [5.41, 5.74) is 2.14. The molecule has 0 aliphatic heterocycles. The van der Waals surface area contributed by atoms with Gasteiger partial charge in [0.1, 0.15) is 36.5 Å². The maximum absolute atomic E-state index is 6.41. The number of H-pyrrole nitrogens is 1. The normalized spacial score (nSPS) is 10.9. The second kappa shape index (κ2) is 9.38. The molecule has 0 amide bonds. The second-order valence-electron chi connectivity index (χ2n) is 6.31. The van der Waals surface area contributed by atoms with Crippen LogP contribution in [-0.2, 0) is 6.61 Å². The molecule has 1 aromatic carbocycles. The smallest absolute Gasteiger partial charge is 0.246 e. The van der Waals surface area contributed by atoms with Crippen molar-refractivity contribution in [2.45, 2.75) is 6.61 Å². The summed E-state index contributed by atoms with van der Waals surface area (Å²) in [6.07, 6.45) is 3.18. The van der Waals surface area contributed by atoms with Crippen molar-refractivity contribution in [3.05, 3.63) is 59.6 Å². The lowest BCUT2D eigenvalue weighted by Gasteiger charge is -2.11. The van der Waals surface area contributed by atoms with Crippen LogP contribution in [0.4, 0.5) is 11.5 Å². The zero-order chi connectivity index (χ0) is 20.8. The Morgan fingerprint density at radius 1 is 1.10 bits per heavy atom. The van der Waals surface area contributed by atoms with Crippen LogP contribution in [0.25, 0.3) is 11.0 Å². The molecule has 3 aromatic heterocycles. The summed E-state index contributed by atoms with van der Waals surface area (Å²) in [6, 6.07) is 11.1. The minimum atomic E-state index is 0.336. The fraction of sp³-hybridized carbons (Fsp3) is 0.200. The molecule has 0 unspecified atom stereocenters. The highest BCUT2D eigenvalue weighted by Gasteiger charge is 2.15. The van der Waals surface area contributed by atoms with Gasteiger partial charge in [-0.05, 0) is 37.4 Å². The monoisotopic (exact) mass is 425 g/mol. The molecule has 0 atom stereocenters. The molecule has 0 spiro atoms. The molecule has 10 heteroatoms. The standard InChI is InChI=1S/C20H20ClN7O2/c1-22-8-9-29-20-17-18(24-12-25-19(17)27-28-20)26-13-5-6-16(15(21)10-13)30-11-14-4-2-3-7-23-14/h2-7,10,12,22H,8-9,11H2,1H3,(H2,24,25,26,27,28). The van der Waals surface area contributed by atoms with Gasteiger partial charge >= 0.3 is 0 Å². The number of hydrogen-bond donors (Lipinski definition) is 3. The second-order valence-corrected chi connectivity index (χ2v) is 6.71. The van der Waals surface area contributed by atoms with Gasteiger partial charge in [-0.3, -0.25) is 10.1 Å². The number of nitrogens with one attached hydrogen (secondary N) is 3. The highest BCUT2D eigenvalue weighted by Crippen LogP contribution is 2.32. The average molecular weight is 426 g/mol. The van der Waals surface area contributed by atoms with Crippen LogP contribution in [0.1, 0.15) is 5.69 Å². The summed E-state index contributed by atoms with van der Waals surface area (Å²) in [4.78, 5) is 12.8. The molecule has 4 rings (SSSR count). The summed E-state index contributed by atoms with van der Waals surface area (Å²) < 4.78 is 11.5. The highest BCUT2D eigenvalue weighted by atomic mass is 35.5. The molecule has 4 aromatic rings. The van der Waals surface area contributed by atoms with Gasteiger partial charge in [0.15, 0.2) is 5.65 Å². The Morgan fingerprint density at radius 2 is 2.03 bits per heavy atom. The molecular formula is C20H20ClN7O2. The molecule has 30 heavy (non-hydrogen) atoms. The zero-order valence-corrected chi connectivity index (χ0v) is 17.0. The van der Waals surface area contributed by atoms with E-state index >= 15 is 0 Å². The van der Waals surface area contributed by atoms with E-state index in [2.05, 4.69) is 35.8 Å². The lowest BCUT2D eigenvalue weighted by atomic mass is 10.3. The highest BCUT2D eigenvalue weighted by molar-refractivity contribution is 6.32. The number of halogens is 1. The van der Waals surface area contributed by atoms with E-state index < -0.39 is 0 Å². The number of hydrogen-bond acceptors (Lipinski definition) is 8. The van der Waals surface area contributed by atoms with E-state index in [1.165, 1.54) is 6.33 Å². The Balaban J connectivity index is 1.50. The van der Waals surface area contributed by atoms with Gasteiger partial charge in [-0.2, -0.15) is 0 Å². The first-order valence-electron chi connectivity index (χ1n) is 9.30. The van der Waals surface area contributed by atoms with Gasteiger partial charge in [0.25, 0.3) is 0 Å². The van der Waals surface area contributed by atoms with Crippen LogP contribution in [-0.4, -0.2) is 45.3 Å². The van der Waals surface area contributed by atoms with Crippen molar-refractivity contribution >= 4 is 34.1 Å². The zero-order valence-electron chi connectivity index (χ0n) is 16.2. The van der Waals surface area contributed by atoms with Gasteiger partial charge in [0.05, 0.1) is 10.7 Å². The van der Waals surface area contributed by atoms with Crippen molar-refractivity contribution in [1.82, 2.24) is 30.5 Å². The van der Waals surface area contributed by atoms with Gasteiger partial charge in [-0.25, -0.2) is 9.97 Å². The van der Waals surface area contributed by atoms with Crippen molar-refractivity contribution in [2.75, 3.05) is 25.5 Å². The summed E-state index contributed by atoms with van der Waals surface area (Å²) in [7, 11) is 1.86. The van der Waals surface area contributed by atoms with E-state index in [-0.39, 0.29) is 0 Å². The number of anilines is 2. The molecule has 0 saturated carbocycles. The summed E-state index contributed by atoms with van der Waals surface area (Å²) in [5, 5.41) is 14.4. The van der Waals surface area contributed by atoms with Crippen LogP contribution < -0.4 is 20.1 Å². The van der Waals surface area contributed by atoms with Gasteiger partial charge in [-0.1, -0.05) is 17.7 Å². The number of ether oxygens (including phenoxy) is 2. The topological polar surface area (TPSA) is 110 Å². The minimum Gasteiger partial charge on any atom is -0.486 e. The van der Waals surface area contributed by atoms with E-state index in [0.717, 1.165) is 11.4 Å². The number of likely N-dealkylation sites (N-methyl/N-ethyl adjacent to an activating group) is 1. The fourth-order valence-corrected chi connectivity index (χ4v) is 2.98. The maximum atomic E-state index is 6.41. The van der Waals surface area contributed by atoms with E-state index in [1.807, 2.05) is 31.3 Å². The number of aromatic amines is 1. The van der Waals surface area contributed by atoms with Crippen molar-refractivity contribution in [1.29, 1.82) is 0 Å². The molecule has 0 radical (unpaired) electrons. The predicted octanol–water partition coefficient (Wildman–Crippen LogP) is 3.32. The van der Waals surface area contributed by atoms with Gasteiger partial charge in [0, 0.05) is 18.4 Å². The van der Waals surface area contributed by atoms with Gasteiger partial charge < -0.3 is 20.1 Å². The van der Waals surface area contributed by atoms with Crippen LogP contribution in [0, 0.1) is 0 Å². The van der Waals surface area contributed by atoms with Crippen LogP contribution in [0.3, 0.4) is 0 Å². The molecular weight excluding hydrogens is 406 g/mol. The van der Waals surface area contributed by atoms with Crippen molar-refractivity contribution < 1.29 is 9.47 Å². The Kier molecular flexibility index (Phi) is 6.21. The van der Waals surface area contributed by atoms with Gasteiger partial charge in [0.2, 0.25) is 5.88 Å². The molecule has 3 heterocycles. The maximum Gasteiger partial charge on any atom is 0.246 e. The number of benzene rings is 1. The Morgan fingerprint density at radius 3 is 2.83 bits per heavy atom. The van der Waals surface area contributed by atoms with Gasteiger partial charge in [-0.15, -0.1) is 5.10 Å². The molecule has 0 aliphatic carbocycles.